The first-order chi connectivity index (χ1) is 7.04. The van der Waals surface area contributed by atoms with Crippen LogP contribution in [0.4, 0.5) is 0 Å². The molecule has 0 aromatic rings. The van der Waals surface area contributed by atoms with Crippen molar-refractivity contribution in [1.29, 1.82) is 0 Å². The smallest absolute Gasteiger partial charge is 0.361 e. The number of allylic oxidation sites excluding steroid dienone is 2. The van der Waals surface area contributed by atoms with Crippen LogP contribution in [0, 0.1) is 16.0 Å². The van der Waals surface area contributed by atoms with Crippen molar-refractivity contribution in [3.63, 3.8) is 0 Å². The highest BCUT2D eigenvalue weighted by Gasteiger charge is 2.53. The monoisotopic (exact) mass is 213 g/mol. The van der Waals surface area contributed by atoms with Gasteiger partial charge in [0.05, 0.1) is 11.5 Å². The third-order valence-corrected chi connectivity index (χ3v) is 2.12. The van der Waals surface area contributed by atoms with Crippen LogP contribution in [0.5, 0.6) is 0 Å². The Morgan fingerprint density at radius 3 is 2.80 bits per heavy atom. The van der Waals surface area contributed by atoms with Gasteiger partial charge in [-0.05, 0) is 6.92 Å². The van der Waals surface area contributed by atoms with Crippen LogP contribution in [0.2, 0.25) is 0 Å². The lowest BCUT2D eigenvalue weighted by molar-refractivity contribution is -0.619. The maximum Gasteiger partial charge on any atom is 0.361 e. The molecule has 0 amide bonds. The lowest BCUT2D eigenvalue weighted by Crippen LogP contribution is -2.49. The Labute approximate surface area is 86.0 Å². The molecule has 0 aliphatic heterocycles. The van der Waals surface area contributed by atoms with Crippen molar-refractivity contribution in [2.24, 2.45) is 5.92 Å². The van der Waals surface area contributed by atoms with Crippen molar-refractivity contribution in [3.8, 4) is 0 Å². The van der Waals surface area contributed by atoms with E-state index >= 15 is 0 Å². The molecule has 0 fully saturated rings. The fourth-order valence-corrected chi connectivity index (χ4v) is 1.47. The number of carbonyl (C=O) groups is 1. The fourth-order valence-electron chi connectivity index (χ4n) is 1.47. The van der Waals surface area contributed by atoms with E-state index in [4.69, 9.17) is 9.84 Å². The predicted molar refractivity (Wildman–Crippen MR) is 50.8 cm³/mol. The van der Waals surface area contributed by atoms with Crippen molar-refractivity contribution in [2.75, 3.05) is 6.61 Å². The molecule has 0 radical (unpaired) electrons. The van der Waals surface area contributed by atoms with Gasteiger partial charge in [0.2, 0.25) is 0 Å². The maximum atomic E-state index is 10.9. The van der Waals surface area contributed by atoms with Gasteiger partial charge in [0.25, 0.3) is 0 Å². The van der Waals surface area contributed by atoms with Gasteiger partial charge < -0.3 is 9.84 Å². The summed E-state index contributed by atoms with van der Waals surface area (Å²) < 4.78 is 4.99. The highest BCUT2D eigenvalue weighted by atomic mass is 16.7. The minimum atomic E-state index is -1.98. The van der Waals surface area contributed by atoms with Crippen molar-refractivity contribution < 1.29 is 19.6 Å². The number of hydrogen-bond donors (Lipinski definition) is 1. The summed E-state index contributed by atoms with van der Waals surface area (Å²) in [4.78, 5) is 21.1. The molecule has 6 heteroatoms. The van der Waals surface area contributed by atoms with Crippen molar-refractivity contribution in [3.05, 3.63) is 34.4 Å². The molecule has 2 unspecified atom stereocenters. The molecular weight excluding hydrogens is 202 g/mol. The molecule has 6 nitrogen and oxygen atoms in total. The quantitative estimate of drug-likeness (QED) is 0.424. The van der Waals surface area contributed by atoms with Crippen LogP contribution in [0.3, 0.4) is 0 Å². The Balaban J connectivity index is 3.13. The molecule has 0 bridgehead atoms. The van der Waals surface area contributed by atoms with Crippen LogP contribution in [-0.4, -0.2) is 28.3 Å². The van der Waals surface area contributed by atoms with Gasteiger partial charge >= 0.3 is 11.7 Å². The molecule has 0 aromatic heterocycles. The van der Waals surface area contributed by atoms with E-state index in [0.29, 0.717) is 0 Å². The first kappa shape index (κ1) is 11.4. The Morgan fingerprint density at radius 1 is 1.67 bits per heavy atom. The Hall–Kier alpha value is -1.69. The van der Waals surface area contributed by atoms with Crippen LogP contribution in [0.1, 0.15) is 6.92 Å². The average Bonchev–Trinajstić information content (AvgIpc) is 2.18. The number of carboxylic acid groups (broad SMARTS) is 1. The number of ether oxygens (including phenoxy) is 1. The molecule has 0 aromatic carbocycles. The molecule has 2 atom stereocenters. The number of nitrogens with zero attached hydrogens (tertiary/aromatic N) is 1. The largest absolute Gasteiger partial charge is 0.481 e. The maximum absolute atomic E-state index is 10.9. The minimum Gasteiger partial charge on any atom is -0.481 e. The van der Waals surface area contributed by atoms with Crippen LogP contribution < -0.4 is 0 Å². The molecule has 1 N–H and O–H groups in total. The van der Waals surface area contributed by atoms with E-state index in [1.54, 1.807) is 6.92 Å². The second kappa shape index (κ2) is 4.22. The Kier molecular flexibility index (Phi) is 3.21. The zero-order valence-corrected chi connectivity index (χ0v) is 8.12. The molecule has 0 heterocycles. The third kappa shape index (κ3) is 1.89. The summed E-state index contributed by atoms with van der Waals surface area (Å²) >= 11 is 0. The van der Waals surface area contributed by atoms with Gasteiger partial charge in [-0.2, -0.15) is 0 Å². The zero-order chi connectivity index (χ0) is 11.5. The van der Waals surface area contributed by atoms with Crippen LogP contribution in [0.25, 0.3) is 0 Å². The number of rotatable bonds is 4. The molecule has 1 rings (SSSR count). The van der Waals surface area contributed by atoms with Gasteiger partial charge in [-0.25, -0.2) is 0 Å². The highest BCUT2D eigenvalue weighted by molar-refractivity contribution is 5.74. The molecule has 1 aliphatic rings. The van der Waals surface area contributed by atoms with Crippen LogP contribution >= 0.6 is 0 Å². The van der Waals surface area contributed by atoms with E-state index in [2.05, 4.69) is 0 Å². The molecule has 1 aliphatic carbocycles. The Morgan fingerprint density at radius 2 is 2.33 bits per heavy atom. The standard InChI is InChI=1S/C9H11NO5/c1-2-15-9(10(13)14)6-4-3-5-7(9)8(11)12/h3-7H,2H2,1H3,(H,11,12). The first-order valence-electron chi connectivity index (χ1n) is 4.42. The minimum absolute atomic E-state index is 0.0724. The average molecular weight is 213 g/mol. The van der Waals surface area contributed by atoms with E-state index in [1.165, 1.54) is 18.2 Å². The molecule has 0 spiro atoms. The summed E-state index contributed by atoms with van der Waals surface area (Å²) in [7, 11) is 0. The van der Waals surface area contributed by atoms with E-state index in [1.807, 2.05) is 0 Å². The van der Waals surface area contributed by atoms with E-state index < -0.39 is 22.5 Å². The topological polar surface area (TPSA) is 89.7 Å². The van der Waals surface area contributed by atoms with E-state index in [0.717, 1.165) is 6.08 Å². The molecular formula is C9H11NO5. The molecule has 15 heavy (non-hydrogen) atoms. The van der Waals surface area contributed by atoms with Gasteiger partial charge in [-0.1, -0.05) is 18.2 Å². The third-order valence-electron chi connectivity index (χ3n) is 2.12. The Bertz CT molecular complexity index is 335. The molecule has 0 saturated heterocycles. The molecule has 82 valence electrons. The SMILES string of the molecule is CCOC1([N+](=O)[O-])C=CC=CC1C(=O)O. The van der Waals surface area contributed by atoms with Gasteiger partial charge in [-0.3, -0.25) is 14.9 Å². The van der Waals surface area contributed by atoms with Gasteiger partial charge in [0.15, 0.2) is 5.92 Å². The number of nitro groups is 1. The van der Waals surface area contributed by atoms with Crippen molar-refractivity contribution >= 4 is 5.97 Å². The summed E-state index contributed by atoms with van der Waals surface area (Å²) in [5.74, 6) is -2.57. The first-order valence-corrected chi connectivity index (χ1v) is 4.42. The second-order valence-electron chi connectivity index (χ2n) is 3.00. The number of carboxylic acids is 1. The zero-order valence-electron chi connectivity index (χ0n) is 8.12. The summed E-state index contributed by atoms with van der Waals surface area (Å²) in [6, 6.07) is 0. The van der Waals surface area contributed by atoms with E-state index in [9.17, 15) is 14.9 Å². The van der Waals surface area contributed by atoms with Crippen LogP contribution in [-0.2, 0) is 9.53 Å². The van der Waals surface area contributed by atoms with Gasteiger partial charge in [0.1, 0.15) is 0 Å². The lowest BCUT2D eigenvalue weighted by atomic mass is 9.91. The van der Waals surface area contributed by atoms with Crippen LogP contribution in [0.15, 0.2) is 24.3 Å². The lowest BCUT2D eigenvalue weighted by Gasteiger charge is -2.26. The summed E-state index contributed by atoms with van der Waals surface area (Å²) in [6.45, 7) is 1.65. The number of hydrogen-bond acceptors (Lipinski definition) is 4. The fraction of sp³-hybridized carbons (Fsp3) is 0.444. The number of aliphatic carboxylic acids is 1. The van der Waals surface area contributed by atoms with Gasteiger partial charge in [0, 0.05) is 6.08 Å². The highest BCUT2D eigenvalue weighted by Crippen LogP contribution is 2.29. The predicted octanol–water partition coefficient (Wildman–Crippen LogP) is 0.823. The summed E-state index contributed by atoms with van der Waals surface area (Å²) in [6.07, 6.45) is 5.29. The second-order valence-corrected chi connectivity index (χ2v) is 3.00. The van der Waals surface area contributed by atoms with Gasteiger partial charge in [-0.15, -0.1) is 0 Å². The molecule has 0 saturated carbocycles. The van der Waals surface area contributed by atoms with E-state index in [-0.39, 0.29) is 6.61 Å². The van der Waals surface area contributed by atoms with Crippen molar-refractivity contribution in [2.45, 2.75) is 12.6 Å². The summed E-state index contributed by atoms with van der Waals surface area (Å²) in [5.41, 5.74) is -1.98. The van der Waals surface area contributed by atoms with Crippen molar-refractivity contribution in [1.82, 2.24) is 0 Å². The normalized spacial score (nSPS) is 29.0. The summed E-state index contributed by atoms with van der Waals surface area (Å²) in [5, 5.41) is 19.8.